The van der Waals surface area contributed by atoms with Gasteiger partial charge in [-0.3, -0.25) is 14.4 Å². The van der Waals surface area contributed by atoms with Crippen molar-refractivity contribution < 1.29 is 29.0 Å². The van der Waals surface area contributed by atoms with Crippen LogP contribution >= 0.6 is 0 Å². The first-order valence-corrected chi connectivity index (χ1v) is 10.9. The molecule has 0 unspecified atom stereocenters. The SMILES string of the molecule is COC(=O)[C@H](NC(=O)[C@H](O)[C@@H](NC(=O)c1ccccc1)c1ccccc1)[C@@H]1CCCC(=O)C1. The zero-order valence-electron chi connectivity index (χ0n) is 18.4. The second-order valence-corrected chi connectivity index (χ2v) is 8.08. The molecule has 1 aliphatic rings. The standard InChI is InChI=1S/C25H28N2O6/c1-33-25(32)21(18-13-8-14-19(28)15-18)27-24(31)22(29)20(16-9-4-2-5-10-16)26-23(30)17-11-6-3-7-12-17/h2-7,9-12,18,20-22,29H,8,13-15H2,1H3,(H,26,30)(H,27,31)/t18-,20+,21-,22-/m1/s1. The summed E-state index contributed by atoms with van der Waals surface area (Å²) in [4.78, 5) is 50.1. The number of Topliss-reactive ketones (excluding diaryl/α,β-unsaturated/α-hetero) is 1. The van der Waals surface area contributed by atoms with Gasteiger partial charge in [-0.05, 0) is 36.5 Å². The molecule has 174 valence electrons. The topological polar surface area (TPSA) is 122 Å². The minimum absolute atomic E-state index is 0.0206. The Morgan fingerprint density at radius 2 is 1.64 bits per heavy atom. The van der Waals surface area contributed by atoms with Gasteiger partial charge in [-0.2, -0.15) is 0 Å². The second kappa shape index (κ2) is 11.4. The fraction of sp³-hybridized carbons (Fsp3) is 0.360. The molecule has 0 saturated heterocycles. The molecule has 0 radical (unpaired) electrons. The zero-order chi connectivity index (χ0) is 23.8. The molecule has 2 amide bonds. The van der Waals surface area contributed by atoms with Crippen molar-refractivity contribution in [3.63, 3.8) is 0 Å². The summed E-state index contributed by atoms with van der Waals surface area (Å²) in [5, 5.41) is 16.2. The lowest BCUT2D eigenvalue weighted by atomic mass is 9.83. The Hall–Kier alpha value is -3.52. The van der Waals surface area contributed by atoms with E-state index in [1.54, 1.807) is 60.7 Å². The molecule has 0 aliphatic heterocycles. The van der Waals surface area contributed by atoms with Crippen molar-refractivity contribution in [1.29, 1.82) is 0 Å². The van der Waals surface area contributed by atoms with Gasteiger partial charge in [0.15, 0.2) is 6.10 Å². The van der Waals surface area contributed by atoms with Crippen LogP contribution in [-0.4, -0.2) is 47.9 Å². The maximum Gasteiger partial charge on any atom is 0.328 e. The molecule has 1 aliphatic carbocycles. The fourth-order valence-electron chi connectivity index (χ4n) is 4.05. The fourth-order valence-corrected chi connectivity index (χ4v) is 4.05. The molecule has 0 heterocycles. The van der Waals surface area contributed by atoms with E-state index in [2.05, 4.69) is 10.6 Å². The first kappa shape index (κ1) is 24.1. The molecule has 8 heteroatoms. The second-order valence-electron chi connectivity index (χ2n) is 8.08. The predicted octanol–water partition coefficient (Wildman–Crippen LogP) is 1.94. The van der Waals surface area contributed by atoms with Crippen LogP contribution in [0.4, 0.5) is 0 Å². The zero-order valence-corrected chi connectivity index (χ0v) is 18.4. The Kier molecular flexibility index (Phi) is 8.32. The molecule has 33 heavy (non-hydrogen) atoms. The minimum atomic E-state index is -1.69. The van der Waals surface area contributed by atoms with Crippen LogP contribution in [0.1, 0.15) is 47.6 Å². The highest BCUT2D eigenvalue weighted by molar-refractivity contribution is 5.95. The summed E-state index contributed by atoms with van der Waals surface area (Å²) in [6, 6.07) is 14.9. The summed E-state index contributed by atoms with van der Waals surface area (Å²) in [6.45, 7) is 0. The number of carbonyl (C=O) groups is 4. The maximum absolute atomic E-state index is 13.0. The number of ether oxygens (including phenoxy) is 1. The number of benzene rings is 2. The Balaban J connectivity index is 1.80. The summed E-state index contributed by atoms with van der Waals surface area (Å²) in [7, 11) is 1.20. The summed E-state index contributed by atoms with van der Waals surface area (Å²) in [5.74, 6) is -2.37. The van der Waals surface area contributed by atoms with Crippen LogP contribution in [0.15, 0.2) is 60.7 Å². The van der Waals surface area contributed by atoms with Gasteiger partial charge in [0.05, 0.1) is 13.2 Å². The molecule has 8 nitrogen and oxygen atoms in total. The molecule has 1 saturated carbocycles. The molecular weight excluding hydrogens is 424 g/mol. The van der Waals surface area contributed by atoms with E-state index in [1.165, 1.54) is 7.11 Å². The van der Waals surface area contributed by atoms with Gasteiger partial charge in [-0.25, -0.2) is 4.79 Å². The molecule has 2 aromatic carbocycles. The molecule has 2 aromatic rings. The number of hydrogen-bond donors (Lipinski definition) is 3. The predicted molar refractivity (Wildman–Crippen MR) is 120 cm³/mol. The van der Waals surface area contributed by atoms with Gasteiger partial charge >= 0.3 is 5.97 Å². The molecule has 4 atom stereocenters. The average molecular weight is 453 g/mol. The van der Waals surface area contributed by atoms with E-state index in [0.29, 0.717) is 30.4 Å². The lowest BCUT2D eigenvalue weighted by molar-refractivity contribution is -0.149. The molecular formula is C25H28N2O6. The lowest BCUT2D eigenvalue weighted by Crippen LogP contribution is -2.53. The van der Waals surface area contributed by atoms with E-state index in [9.17, 15) is 24.3 Å². The van der Waals surface area contributed by atoms with Crippen LogP contribution in [0, 0.1) is 5.92 Å². The van der Waals surface area contributed by atoms with E-state index < -0.39 is 41.9 Å². The van der Waals surface area contributed by atoms with E-state index in [0.717, 1.165) is 0 Å². The van der Waals surface area contributed by atoms with Crippen molar-refractivity contribution in [2.24, 2.45) is 5.92 Å². The van der Waals surface area contributed by atoms with Gasteiger partial charge in [0.2, 0.25) is 0 Å². The Labute approximate surface area is 192 Å². The van der Waals surface area contributed by atoms with E-state index in [-0.39, 0.29) is 12.2 Å². The van der Waals surface area contributed by atoms with Crippen molar-refractivity contribution in [3.05, 3.63) is 71.8 Å². The van der Waals surface area contributed by atoms with Gasteiger partial charge in [0.25, 0.3) is 11.8 Å². The number of nitrogens with one attached hydrogen (secondary N) is 2. The van der Waals surface area contributed by atoms with Crippen LogP contribution in [0.25, 0.3) is 0 Å². The number of methoxy groups -OCH3 is 1. The van der Waals surface area contributed by atoms with Crippen molar-refractivity contribution in [2.45, 2.75) is 43.9 Å². The molecule has 3 rings (SSSR count). The van der Waals surface area contributed by atoms with E-state index >= 15 is 0 Å². The summed E-state index contributed by atoms with van der Waals surface area (Å²) < 4.78 is 4.83. The number of amides is 2. The summed E-state index contributed by atoms with van der Waals surface area (Å²) in [6.07, 6.45) is 0.113. The third kappa shape index (κ3) is 6.26. The highest BCUT2D eigenvalue weighted by atomic mass is 16.5. The Morgan fingerprint density at radius 1 is 1.00 bits per heavy atom. The van der Waals surface area contributed by atoms with Crippen molar-refractivity contribution in [1.82, 2.24) is 10.6 Å². The minimum Gasteiger partial charge on any atom is -0.467 e. The molecule has 0 bridgehead atoms. The third-order valence-electron chi connectivity index (χ3n) is 5.81. The van der Waals surface area contributed by atoms with Crippen LogP contribution in [0.5, 0.6) is 0 Å². The third-order valence-corrected chi connectivity index (χ3v) is 5.81. The first-order chi connectivity index (χ1) is 15.9. The highest BCUT2D eigenvalue weighted by Crippen LogP contribution is 2.26. The van der Waals surface area contributed by atoms with Crippen molar-refractivity contribution in [3.8, 4) is 0 Å². The lowest BCUT2D eigenvalue weighted by Gasteiger charge is -2.30. The Bertz CT molecular complexity index is 979. The van der Waals surface area contributed by atoms with Crippen LogP contribution < -0.4 is 10.6 Å². The Morgan fingerprint density at radius 3 is 2.24 bits per heavy atom. The number of carbonyl (C=O) groups excluding carboxylic acids is 4. The summed E-state index contributed by atoms with van der Waals surface area (Å²) >= 11 is 0. The number of esters is 1. The number of hydrogen-bond acceptors (Lipinski definition) is 6. The van der Waals surface area contributed by atoms with Gasteiger partial charge in [0.1, 0.15) is 11.8 Å². The molecule has 0 aromatic heterocycles. The smallest absolute Gasteiger partial charge is 0.328 e. The highest BCUT2D eigenvalue weighted by Gasteiger charge is 2.37. The molecule has 3 N–H and O–H groups in total. The number of aliphatic hydroxyl groups is 1. The van der Waals surface area contributed by atoms with Crippen molar-refractivity contribution in [2.75, 3.05) is 7.11 Å². The normalized spacial score (nSPS) is 18.5. The first-order valence-electron chi connectivity index (χ1n) is 10.9. The van der Waals surface area contributed by atoms with Gasteiger partial charge in [-0.1, -0.05) is 48.5 Å². The number of aliphatic hydroxyl groups excluding tert-OH is 1. The van der Waals surface area contributed by atoms with Crippen molar-refractivity contribution >= 4 is 23.6 Å². The average Bonchev–Trinajstić information content (AvgIpc) is 2.85. The van der Waals surface area contributed by atoms with Crippen LogP contribution in [0.2, 0.25) is 0 Å². The number of ketones is 1. The molecule has 1 fully saturated rings. The van der Waals surface area contributed by atoms with E-state index in [1.807, 2.05) is 0 Å². The van der Waals surface area contributed by atoms with Gasteiger partial charge in [0, 0.05) is 18.4 Å². The molecule has 0 spiro atoms. The van der Waals surface area contributed by atoms with E-state index in [4.69, 9.17) is 4.74 Å². The largest absolute Gasteiger partial charge is 0.467 e. The number of rotatable bonds is 8. The van der Waals surface area contributed by atoms with Crippen LogP contribution in [0.3, 0.4) is 0 Å². The summed E-state index contributed by atoms with van der Waals surface area (Å²) in [5.41, 5.74) is 0.895. The quantitative estimate of drug-likeness (QED) is 0.526. The van der Waals surface area contributed by atoms with Gasteiger partial charge < -0.3 is 20.5 Å². The monoisotopic (exact) mass is 452 g/mol. The van der Waals surface area contributed by atoms with Crippen LogP contribution in [-0.2, 0) is 19.1 Å². The van der Waals surface area contributed by atoms with Gasteiger partial charge in [-0.15, -0.1) is 0 Å². The maximum atomic E-state index is 13.0.